The second-order valence-electron chi connectivity index (χ2n) is 6.49. The molecule has 0 atom stereocenters. The summed E-state index contributed by atoms with van der Waals surface area (Å²) >= 11 is 5.97. The van der Waals surface area contributed by atoms with Gasteiger partial charge in [0.15, 0.2) is 9.84 Å². The molecular weight excluding hydrogens is 375 g/mol. The summed E-state index contributed by atoms with van der Waals surface area (Å²) in [5.74, 6) is 0.433. The first-order valence-electron chi connectivity index (χ1n) is 8.12. The van der Waals surface area contributed by atoms with Crippen LogP contribution in [0.25, 0.3) is 16.9 Å². The molecule has 4 rings (SSSR count). The number of aryl methyl sites for hydroxylation is 3. The maximum absolute atomic E-state index is 13.6. The van der Waals surface area contributed by atoms with Crippen LogP contribution in [0.4, 0.5) is 4.39 Å². The van der Waals surface area contributed by atoms with Crippen LogP contribution < -0.4 is 0 Å². The molecule has 0 bridgehead atoms. The lowest BCUT2D eigenvalue weighted by molar-refractivity contribution is 0.601. The maximum atomic E-state index is 13.6. The lowest BCUT2D eigenvalue weighted by atomic mass is 10.0. The van der Waals surface area contributed by atoms with E-state index >= 15 is 0 Å². The number of imidazole rings is 1. The molecule has 3 aromatic rings. The number of nitrogens with zero attached hydrogens (tertiary/aromatic N) is 2. The van der Waals surface area contributed by atoms with Crippen LogP contribution in [0, 0.1) is 12.7 Å². The fourth-order valence-corrected chi connectivity index (χ4v) is 4.31. The van der Waals surface area contributed by atoms with Crippen molar-refractivity contribution in [2.24, 2.45) is 0 Å². The van der Waals surface area contributed by atoms with Gasteiger partial charge in [-0.2, -0.15) is 0 Å². The largest absolute Gasteiger partial charge is 0.296 e. The summed E-state index contributed by atoms with van der Waals surface area (Å²) in [6.45, 7) is 1.91. The highest BCUT2D eigenvalue weighted by molar-refractivity contribution is 7.90. The molecule has 0 aliphatic carbocycles. The number of rotatable bonds is 2. The molecule has 1 aliphatic heterocycles. The van der Waals surface area contributed by atoms with Crippen molar-refractivity contribution in [3.63, 3.8) is 0 Å². The van der Waals surface area contributed by atoms with Gasteiger partial charge in [-0.25, -0.2) is 17.8 Å². The molecule has 0 fully saturated rings. The van der Waals surface area contributed by atoms with E-state index < -0.39 is 15.7 Å². The number of benzene rings is 2. The summed E-state index contributed by atoms with van der Waals surface area (Å²) in [6, 6.07) is 9.76. The van der Waals surface area contributed by atoms with Crippen LogP contribution in [0.5, 0.6) is 0 Å². The van der Waals surface area contributed by atoms with Crippen LogP contribution >= 0.6 is 11.6 Å². The van der Waals surface area contributed by atoms with Gasteiger partial charge in [-0.15, -0.1) is 0 Å². The molecule has 0 saturated heterocycles. The van der Waals surface area contributed by atoms with E-state index in [1.165, 1.54) is 12.3 Å². The fraction of sp³-hybridized carbons (Fsp3) is 0.211. The Labute approximate surface area is 156 Å². The minimum absolute atomic E-state index is 0.0564. The summed E-state index contributed by atoms with van der Waals surface area (Å²) < 4.78 is 39.3. The van der Waals surface area contributed by atoms with E-state index in [0.717, 1.165) is 40.4 Å². The molecule has 7 heteroatoms. The zero-order chi connectivity index (χ0) is 18.6. The van der Waals surface area contributed by atoms with Gasteiger partial charge in [0, 0.05) is 18.2 Å². The fourth-order valence-electron chi connectivity index (χ4n) is 3.45. The number of halogens is 2. The van der Waals surface area contributed by atoms with Gasteiger partial charge in [0.2, 0.25) is 0 Å². The predicted molar refractivity (Wildman–Crippen MR) is 99.2 cm³/mol. The first-order chi connectivity index (χ1) is 12.3. The first-order valence-corrected chi connectivity index (χ1v) is 10.4. The van der Waals surface area contributed by atoms with Crippen molar-refractivity contribution in [3.05, 3.63) is 64.3 Å². The van der Waals surface area contributed by atoms with Gasteiger partial charge < -0.3 is 0 Å². The second-order valence-corrected chi connectivity index (χ2v) is 8.91. The van der Waals surface area contributed by atoms with E-state index in [1.807, 2.05) is 17.6 Å². The van der Waals surface area contributed by atoms with E-state index in [2.05, 4.69) is 4.98 Å². The summed E-state index contributed by atoms with van der Waals surface area (Å²) in [7, 11) is -3.27. The van der Waals surface area contributed by atoms with Gasteiger partial charge in [-0.1, -0.05) is 11.6 Å². The normalized spacial score (nSPS) is 13.4. The third-order valence-electron chi connectivity index (χ3n) is 4.65. The maximum Gasteiger partial charge on any atom is 0.175 e. The van der Waals surface area contributed by atoms with Crippen molar-refractivity contribution in [2.75, 3.05) is 6.26 Å². The molecule has 1 aliphatic rings. The Morgan fingerprint density at radius 2 is 1.92 bits per heavy atom. The van der Waals surface area contributed by atoms with Gasteiger partial charge in [0.25, 0.3) is 0 Å². The number of sulfone groups is 1. The summed E-state index contributed by atoms with van der Waals surface area (Å²) in [6.07, 6.45) is 2.63. The second kappa shape index (κ2) is 5.93. The molecule has 2 aromatic carbocycles. The molecule has 4 nitrogen and oxygen atoms in total. The first kappa shape index (κ1) is 17.2. The van der Waals surface area contributed by atoms with Crippen molar-refractivity contribution in [1.82, 2.24) is 9.55 Å². The Morgan fingerprint density at radius 3 is 2.62 bits per heavy atom. The third-order valence-corrected chi connectivity index (χ3v) is 6.05. The predicted octanol–water partition coefficient (Wildman–Crippen LogP) is 4.14. The summed E-state index contributed by atoms with van der Waals surface area (Å²) in [5.41, 5.74) is 4.28. The Morgan fingerprint density at radius 1 is 1.15 bits per heavy atom. The van der Waals surface area contributed by atoms with Gasteiger partial charge >= 0.3 is 0 Å². The monoisotopic (exact) mass is 390 g/mol. The Balaban J connectivity index is 1.95. The highest BCUT2D eigenvalue weighted by Crippen LogP contribution is 2.35. The third kappa shape index (κ3) is 2.73. The van der Waals surface area contributed by atoms with Crippen LogP contribution in [0.15, 0.2) is 41.3 Å². The van der Waals surface area contributed by atoms with E-state index in [1.54, 1.807) is 24.3 Å². The molecule has 0 radical (unpaired) electrons. The van der Waals surface area contributed by atoms with Crippen molar-refractivity contribution >= 4 is 21.4 Å². The number of fused-ring (bicyclic) bond motifs is 3. The SMILES string of the molecule is Cc1nc2n(c1-c1ccc(F)c(Cl)c1)-c1ccc(S(C)(=O)=O)cc1CC2. The van der Waals surface area contributed by atoms with Crippen LogP contribution in [-0.2, 0) is 22.7 Å². The Bertz CT molecular complexity index is 1150. The molecule has 134 valence electrons. The molecule has 0 saturated carbocycles. The van der Waals surface area contributed by atoms with Crippen LogP contribution in [-0.4, -0.2) is 24.2 Å². The lowest BCUT2D eigenvalue weighted by Crippen LogP contribution is -2.14. The Hall–Kier alpha value is -2.18. The number of hydrogen-bond donors (Lipinski definition) is 0. The lowest BCUT2D eigenvalue weighted by Gasteiger charge is -2.21. The van der Waals surface area contributed by atoms with Crippen LogP contribution in [0.1, 0.15) is 17.1 Å². The van der Waals surface area contributed by atoms with Crippen molar-refractivity contribution < 1.29 is 12.8 Å². The number of hydrogen-bond acceptors (Lipinski definition) is 3. The zero-order valence-electron chi connectivity index (χ0n) is 14.3. The van der Waals surface area contributed by atoms with Crippen LogP contribution in [0.3, 0.4) is 0 Å². The molecule has 26 heavy (non-hydrogen) atoms. The van der Waals surface area contributed by atoms with Gasteiger partial charge in [-0.3, -0.25) is 4.57 Å². The van der Waals surface area contributed by atoms with Crippen molar-refractivity contribution in [2.45, 2.75) is 24.7 Å². The van der Waals surface area contributed by atoms with Crippen molar-refractivity contribution in [1.29, 1.82) is 0 Å². The molecule has 0 N–H and O–H groups in total. The van der Waals surface area contributed by atoms with Crippen molar-refractivity contribution in [3.8, 4) is 16.9 Å². The summed E-state index contributed by atoms with van der Waals surface area (Å²) in [5, 5.41) is 0.0564. The van der Waals surface area contributed by atoms with E-state index in [-0.39, 0.29) is 5.02 Å². The molecule has 0 amide bonds. The zero-order valence-corrected chi connectivity index (χ0v) is 15.8. The quantitative estimate of drug-likeness (QED) is 0.660. The van der Waals surface area contributed by atoms with E-state index in [0.29, 0.717) is 11.3 Å². The standard InChI is InChI=1S/C19H16ClFN2O2S/c1-11-19(13-3-6-16(21)15(20)10-13)23-17-7-5-14(26(2,24)25)9-12(17)4-8-18(23)22-11/h3,5-7,9-10H,4,8H2,1-2H3. The number of aromatic nitrogens is 2. The molecular formula is C19H16ClFN2O2S. The Kier molecular flexibility index (Phi) is 3.93. The van der Waals surface area contributed by atoms with E-state index in [9.17, 15) is 12.8 Å². The highest BCUT2D eigenvalue weighted by Gasteiger charge is 2.24. The molecule has 0 unspecified atom stereocenters. The molecule has 1 aromatic heterocycles. The van der Waals surface area contributed by atoms with Gasteiger partial charge in [-0.05, 0) is 55.3 Å². The minimum atomic E-state index is -3.27. The van der Waals surface area contributed by atoms with E-state index in [4.69, 9.17) is 11.6 Å². The smallest absolute Gasteiger partial charge is 0.175 e. The highest BCUT2D eigenvalue weighted by atomic mass is 35.5. The minimum Gasteiger partial charge on any atom is -0.296 e. The molecule has 2 heterocycles. The molecule has 0 spiro atoms. The summed E-state index contributed by atoms with van der Waals surface area (Å²) in [4.78, 5) is 4.97. The average molecular weight is 391 g/mol. The van der Waals surface area contributed by atoms with Gasteiger partial charge in [0.05, 0.1) is 27.0 Å². The topological polar surface area (TPSA) is 52.0 Å². The van der Waals surface area contributed by atoms with Gasteiger partial charge in [0.1, 0.15) is 11.6 Å². The van der Waals surface area contributed by atoms with Crippen LogP contribution in [0.2, 0.25) is 5.02 Å². The average Bonchev–Trinajstić information content (AvgIpc) is 2.92.